The molecule has 0 fully saturated rings. The zero-order valence-corrected chi connectivity index (χ0v) is 16.9. The average Bonchev–Trinajstić information content (AvgIpc) is 2.66. The summed E-state index contributed by atoms with van der Waals surface area (Å²) in [5, 5.41) is 2.87. The first-order chi connectivity index (χ1) is 12.4. The normalized spacial score (nSPS) is 11.5. The highest BCUT2D eigenvalue weighted by Crippen LogP contribution is 2.25. The summed E-state index contributed by atoms with van der Waals surface area (Å²) in [4.78, 5) is 13.6. The molecule has 2 aromatic rings. The minimum Gasteiger partial charge on any atom is -0.321 e. The molecule has 140 valence electrons. The number of anilines is 1. The maximum atomic E-state index is 12.5. The highest BCUT2D eigenvalue weighted by molar-refractivity contribution is 7.98. The molecule has 0 aromatic heterocycles. The van der Waals surface area contributed by atoms with Gasteiger partial charge in [-0.25, -0.2) is 12.7 Å². The van der Waals surface area contributed by atoms with Crippen LogP contribution in [-0.2, 0) is 10.0 Å². The predicted molar refractivity (Wildman–Crippen MR) is 107 cm³/mol. The molecule has 0 saturated carbocycles. The first-order valence-corrected chi connectivity index (χ1v) is 11.1. The van der Waals surface area contributed by atoms with Gasteiger partial charge in [-0.2, -0.15) is 0 Å². The number of unbranched alkanes of at least 4 members (excludes halogenated alkanes) is 1. The molecule has 0 bridgehead atoms. The number of carbonyl (C=O) groups excluding carboxylic acids is 1. The molecule has 0 aliphatic carbocycles. The lowest BCUT2D eigenvalue weighted by molar-refractivity contribution is 0.102. The Balaban J connectivity index is 2.15. The lowest BCUT2D eigenvalue weighted by Gasteiger charge is -2.17. The van der Waals surface area contributed by atoms with Crippen molar-refractivity contribution >= 4 is 33.4 Å². The fraction of sp³-hybridized carbons (Fsp3) is 0.316. The Bertz CT molecular complexity index is 849. The van der Waals surface area contributed by atoms with E-state index in [2.05, 4.69) is 5.32 Å². The smallest absolute Gasteiger partial charge is 0.255 e. The summed E-state index contributed by atoms with van der Waals surface area (Å²) in [5.74, 6) is -0.269. The molecular formula is C19H24N2O3S2. The van der Waals surface area contributed by atoms with Gasteiger partial charge in [-0.15, -0.1) is 11.8 Å². The molecule has 1 amide bonds. The summed E-state index contributed by atoms with van der Waals surface area (Å²) in [5.41, 5.74) is 1.15. The third-order valence-corrected chi connectivity index (χ3v) is 6.67. The van der Waals surface area contributed by atoms with Gasteiger partial charge in [-0.05, 0) is 49.1 Å². The largest absolute Gasteiger partial charge is 0.321 e. The van der Waals surface area contributed by atoms with Crippen molar-refractivity contribution in [1.29, 1.82) is 0 Å². The van der Waals surface area contributed by atoms with Crippen LogP contribution in [-0.4, -0.2) is 38.5 Å². The van der Waals surface area contributed by atoms with Crippen molar-refractivity contribution in [3.8, 4) is 0 Å². The van der Waals surface area contributed by atoms with Gasteiger partial charge < -0.3 is 5.32 Å². The zero-order valence-electron chi connectivity index (χ0n) is 15.2. The van der Waals surface area contributed by atoms with Gasteiger partial charge in [0.05, 0.1) is 10.6 Å². The molecule has 0 atom stereocenters. The number of rotatable bonds is 8. The summed E-state index contributed by atoms with van der Waals surface area (Å²) >= 11 is 1.55. The van der Waals surface area contributed by atoms with E-state index >= 15 is 0 Å². The Morgan fingerprint density at radius 2 is 1.77 bits per heavy atom. The van der Waals surface area contributed by atoms with Crippen LogP contribution in [0.2, 0.25) is 0 Å². The van der Waals surface area contributed by atoms with Gasteiger partial charge >= 0.3 is 0 Å². The van der Waals surface area contributed by atoms with E-state index < -0.39 is 10.0 Å². The Hall–Kier alpha value is -1.83. The van der Waals surface area contributed by atoms with E-state index in [1.165, 1.54) is 28.6 Å². The van der Waals surface area contributed by atoms with Gasteiger partial charge in [0.2, 0.25) is 10.0 Å². The van der Waals surface area contributed by atoms with E-state index in [0.29, 0.717) is 12.1 Å². The fourth-order valence-corrected chi connectivity index (χ4v) is 4.16. The molecule has 2 aromatic carbocycles. The number of carbonyl (C=O) groups is 1. The molecule has 26 heavy (non-hydrogen) atoms. The van der Waals surface area contributed by atoms with E-state index in [1.54, 1.807) is 18.8 Å². The summed E-state index contributed by atoms with van der Waals surface area (Å²) in [6, 6.07) is 13.6. The predicted octanol–water partition coefficient (Wildman–Crippen LogP) is 4.08. The van der Waals surface area contributed by atoms with Crippen molar-refractivity contribution in [3.63, 3.8) is 0 Å². The highest BCUT2D eigenvalue weighted by atomic mass is 32.2. The number of nitrogens with one attached hydrogen (secondary N) is 1. The zero-order chi connectivity index (χ0) is 19.2. The summed E-state index contributed by atoms with van der Waals surface area (Å²) in [6.45, 7) is 2.50. The van der Waals surface area contributed by atoms with Gasteiger partial charge in [0, 0.05) is 24.1 Å². The van der Waals surface area contributed by atoms with E-state index in [-0.39, 0.29) is 10.8 Å². The highest BCUT2D eigenvalue weighted by Gasteiger charge is 2.20. The van der Waals surface area contributed by atoms with Crippen molar-refractivity contribution in [3.05, 3.63) is 54.1 Å². The van der Waals surface area contributed by atoms with Crippen LogP contribution in [0.4, 0.5) is 5.69 Å². The summed E-state index contributed by atoms with van der Waals surface area (Å²) in [7, 11) is -1.95. The Morgan fingerprint density at radius 1 is 1.12 bits per heavy atom. The second-order valence-electron chi connectivity index (χ2n) is 5.86. The first-order valence-electron chi connectivity index (χ1n) is 8.41. The van der Waals surface area contributed by atoms with Crippen LogP contribution in [0.25, 0.3) is 0 Å². The topological polar surface area (TPSA) is 66.5 Å². The number of thioether (sulfide) groups is 1. The minimum atomic E-state index is -3.52. The second kappa shape index (κ2) is 9.21. The monoisotopic (exact) mass is 392 g/mol. The number of para-hydroxylation sites is 1. The lowest BCUT2D eigenvalue weighted by Crippen LogP contribution is -2.28. The molecule has 5 nitrogen and oxygen atoms in total. The van der Waals surface area contributed by atoms with Gasteiger partial charge in [0.15, 0.2) is 0 Å². The van der Waals surface area contributed by atoms with Crippen molar-refractivity contribution in [2.45, 2.75) is 29.6 Å². The van der Waals surface area contributed by atoms with Gasteiger partial charge in [-0.3, -0.25) is 4.79 Å². The fourth-order valence-electron chi connectivity index (χ4n) is 2.40. The molecule has 0 aliphatic rings. The van der Waals surface area contributed by atoms with E-state index in [0.717, 1.165) is 23.4 Å². The van der Waals surface area contributed by atoms with Gasteiger partial charge in [0.1, 0.15) is 0 Å². The van der Waals surface area contributed by atoms with Crippen molar-refractivity contribution in [2.75, 3.05) is 25.2 Å². The maximum Gasteiger partial charge on any atom is 0.255 e. The summed E-state index contributed by atoms with van der Waals surface area (Å²) in [6.07, 6.45) is 3.68. The van der Waals surface area contributed by atoms with Crippen LogP contribution in [0.1, 0.15) is 30.1 Å². The van der Waals surface area contributed by atoms with Crippen molar-refractivity contribution in [1.82, 2.24) is 4.31 Å². The molecule has 0 heterocycles. The van der Waals surface area contributed by atoms with Gasteiger partial charge in [-0.1, -0.05) is 25.5 Å². The van der Waals surface area contributed by atoms with Gasteiger partial charge in [0.25, 0.3) is 5.91 Å². The molecule has 0 unspecified atom stereocenters. The molecular weight excluding hydrogens is 368 g/mol. The number of sulfonamides is 1. The standard InChI is InChI=1S/C19H24N2O3S2/c1-4-5-14-21(2)26(23,24)16-12-10-15(11-13-16)19(22)20-17-8-6-7-9-18(17)25-3/h6-13H,4-5,14H2,1-3H3,(H,20,22). The summed E-state index contributed by atoms with van der Waals surface area (Å²) < 4.78 is 26.4. The number of hydrogen-bond donors (Lipinski definition) is 1. The molecule has 2 rings (SSSR count). The van der Waals surface area contributed by atoms with Crippen LogP contribution < -0.4 is 5.32 Å². The molecule has 7 heteroatoms. The quantitative estimate of drug-likeness (QED) is 0.688. The average molecular weight is 393 g/mol. The van der Waals surface area contributed by atoms with E-state index in [4.69, 9.17) is 0 Å². The van der Waals surface area contributed by atoms with E-state index in [1.807, 2.05) is 37.4 Å². The SMILES string of the molecule is CCCCN(C)S(=O)(=O)c1ccc(C(=O)Nc2ccccc2SC)cc1. The van der Waals surface area contributed by atoms with Crippen LogP contribution >= 0.6 is 11.8 Å². The molecule has 0 radical (unpaired) electrons. The van der Waals surface area contributed by atoms with Crippen LogP contribution in [0, 0.1) is 0 Å². The minimum absolute atomic E-state index is 0.192. The van der Waals surface area contributed by atoms with Crippen LogP contribution in [0.3, 0.4) is 0 Å². The molecule has 0 spiro atoms. The number of nitrogens with zero attached hydrogens (tertiary/aromatic N) is 1. The van der Waals surface area contributed by atoms with Crippen molar-refractivity contribution in [2.24, 2.45) is 0 Å². The first kappa shape index (κ1) is 20.5. The second-order valence-corrected chi connectivity index (χ2v) is 8.75. The molecule has 0 aliphatic heterocycles. The third-order valence-electron chi connectivity index (χ3n) is 4.01. The van der Waals surface area contributed by atoms with E-state index in [9.17, 15) is 13.2 Å². The Kier molecular flexibility index (Phi) is 7.25. The van der Waals surface area contributed by atoms with Crippen LogP contribution in [0.15, 0.2) is 58.3 Å². The van der Waals surface area contributed by atoms with Crippen molar-refractivity contribution < 1.29 is 13.2 Å². The number of hydrogen-bond acceptors (Lipinski definition) is 4. The molecule has 0 saturated heterocycles. The number of amides is 1. The lowest BCUT2D eigenvalue weighted by atomic mass is 10.2. The third kappa shape index (κ3) is 4.87. The maximum absolute atomic E-state index is 12.5. The Labute approximate surface area is 159 Å². The molecule has 1 N–H and O–H groups in total. The Morgan fingerprint density at radius 3 is 2.38 bits per heavy atom. The van der Waals surface area contributed by atoms with Crippen LogP contribution in [0.5, 0.6) is 0 Å². The number of benzene rings is 2.